The molecule has 0 aliphatic rings. The molecular weight excluding hydrogens is 422 g/mol. The number of hydrogen-bond acceptors (Lipinski definition) is 4. The molecule has 0 atom stereocenters. The first-order chi connectivity index (χ1) is 15.6. The van der Waals surface area contributed by atoms with Crippen LogP contribution in [0.25, 0.3) is 16.9 Å². The van der Waals surface area contributed by atoms with Gasteiger partial charge in [-0.05, 0) is 29.8 Å². The highest BCUT2D eigenvalue weighted by Crippen LogP contribution is 2.23. The average molecular weight is 443 g/mol. The molecule has 7 nitrogen and oxygen atoms in total. The van der Waals surface area contributed by atoms with E-state index in [1.54, 1.807) is 41.0 Å². The number of hydrogen-bond donors (Lipinski definition) is 1. The Hall–Kier alpha value is -4.04. The SMILES string of the molecule is O=S(=O)(Nc1nc2ccccc2nc1-n1cc[n+](Cc2ccccc2)c1)c1ccccc1. The zero-order valence-electron chi connectivity index (χ0n) is 17.0. The lowest BCUT2D eigenvalue weighted by molar-refractivity contribution is -0.687. The second-order valence-electron chi connectivity index (χ2n) is 7.28. The van der Waals surface area contributed by atoms with Gasteiger partial charge in [-0.3, -0.25) is 4.72 Å². The van der Waals surface area contributed by atoms with Crippen molar-refractivity contribution < 1.29 is 13.0 Å². The minimum atomic E-state index is -3.83. The smallest absolute Gasteiger partial charge is 0.258 e. The summed E-state index contributed by atoms with van der Waals surface area (Å²) in [4.78, 5) is 9.44. The molecular formula is C24H20N5O2S+. The lowest BCUT2D eigenvalue weighted by atomic mass is 10.2. The molecule has 0 saturated carbocycles. The second kappa shape index (κ2) is 8.24. The summed E-state index contributed by atoms with van der Waals surface area (Å²) < 4.78 is 32.3. The summed E-state index contributed by atoms with van der Waals surface area (Å²) in [7, 11) is -3.83. The first-order valence-electron chi connectivity index (χ1n) is 10.0. The van der Waals surface area contributed by atoms with Crippen molar-refractivity contribution in [2.75, 3.05) is 4.72 Å². The molecule has 0 radical (unpaired) electrons. The molecule has 0 fully saturated rings. The van der Waals surface area contributed by atoms with Crippen molar-refractivity contribution in [1.82, 2.24) is 14.5 Å². The molecule has 0 bridgehead atoms. The Kier molecular flexibility index (Phi) is 5.12. The molecule has 0 amide bonds. The Balaban J connectivity index is 1.56. The van der Waals surface area contributed by atoms with E-state index in [4.69, 9.17) is 4.98 Å². The summed E-state index contributed by atoms with van der Waals surface area (Å²) in [5.74, 6) is 0.560. The minimum absolute atomic E-state index is 0.160. The highest BCUT2D eigenvalue weighted by atomic mass is 32.2. The fraction of sp³-hybridized carbons (Fsp3) is 0.0417. The monoisotopic (exact) mass is 442 g/mol. The molecule has 0 unspecified atom stereocenters. The molecule has 8 heteroatoms. The van der Waals surface area contributed by atoms with Crippen molar-refractivity contribution in [1.29, 1.82) is 0 Å². The van der Waals surface area contributed by atoms with Crippen LogP contribution in [-0.4, -0.2) is 23.0 Å². The van der Waals surface area contributed by atoms with E-state index in [1.807, 2.05) is 59.7 Å². The number of rotatable bonds is 6. The number of aromatic nitrogens is 4. The van der Waals surface area contributed by atoms with Crippen molar-refractivity contribution in [3.8, 4) is 5.82 Å². The predicted molar refractivity (Wildman–Crippen MR) is 122 cm³/mol. The van der Waals surface area contributed by atoms with E-state index in [0.29, 0.717) is 23.4 Å². The molecule has 32 heavy (non-hydrogen) atoms. The van der Waals surface area contributed by atoms with Gasteiger partial charge in [-0.25, -0.2) is 23.0 Å². The number of fused-ring (bicyclic) bond motifs is 1. The molecule has 2 aromatic heterocycles. The van der Waals surface area contributed by atoms with Gasteiger partial charge in [-0.1, -0.05) is 60.7 Å². The van der Waals surface area contributed by atoms with Crippen LogP contribution in [0.3, 0.4) is 0 Å². The van der Waals surface area contributed by atoms with Gasteiger partial charge in [0.1, 0.15) is 18.9 Å². The van der Waals surface area contributed by atoms with Crippen molar-refractivity contribution in [3.63, 3.8) is 0 Å². The Morgan fingerprint density at radius 2 is 1.44 bits per heavy atom. The predicted octanol–water partition coefficient (Wildman–Crippen LogP) is 3.56. The van der Waals surface area contributed by atoms with Crippen LogP contribution in [0.2, 0.25) is 0 Å². The van der Waals surface area contributed by atoms with Gasteiger partial charge in [0.15, 0.2) is 0 Å². The van der Waals surface area contributed by atoms with Gasteiger partial charge < -0.3 is 0 Å². The van der Waals surface area contributed by atoms with Crippen LogP contribution in [0, 0.1) is 0 Å². The molecule has 5 aromatic rings. The number of sulfonamides is 1. The second-order valence-corrected chi connectivity index (χ2v) is 8.96. The van der Waals surface area contributed by atoms with Crippen LogP contribution in [0.4, 0.5) is 5.82 Å². The summed E-state index contributed by atoms with van der Waals surface area (Å²) in [6.07, 6.45) is 5.62. The minimum Gasteiger partial charge on any atom is -0.258 e. The molecule has 3 aromatic carbocycles. The topological polar surface area (TPSA) is 80.8 Å². The number of nitrogens with zero attached hydrogens (tertiary/aromatic N) is 4. The molecule has 158 valence electrons. The van der Waals surface area contributed by atoms with E-state index >= 15 is 0 Å². The van der Waals surface area contributed by atoms with Crippen molar-refractivity contribution in [2.45, 2.75) is 11.4 Å². The van der Waals surface area contributed by atoms with Gasteiger partial charge in [0.25, 0.3) is 22.2 Å². The highest BCUT2D eigenvalue weighted by Gasteiger charge is 2.22. The highest BCUT2D eigenvalue weighted by molar-refractivity contribution is 7.92. The van der Waals surface area contributed by atoms with Gasteiger partial charge in [0.05, 0.1) is 15.9 Å². The first kappa shape index (κ1) is 19.9. The lowest BCUT2D eigenvalue weighted by Crippen LogP contribution is -2.31. The van der Waals surface area contributed by atoms with E-state index in [0.717, 1.165) is 5.56 Å². The summed E-state index contributed by atoms with van der Waals surface area (Å²) in [6, 6.07) is 25.7. The van der Waals surface area contributed by atoms with Gasteiger partial charge >= 0.3 is 0 Å². The molecule has 0 aliphatic carbocycles. The number of benzene rings is 3. The van der Waals surface area contributed by atoms with Crippen LogP contribution in [0.1, 0.15) is 5.56 Å². The summed E-state index contributed by atoms with van der Waals surface area (Å²) in [5.41, 5.74) is 2.43. The average Bonchev–Trinajstić information content (AvgIpc) is 3.28. The Morgan fingerprint density at radius 3 is 2.16 bits per heavy atom. The summed E-state index contributed by atoms with van der Waals surface area (Å²) in [5, 5.41) is 0. The van der Waals surface area contributed by atoms with E-state index in [2.05, 4.69) is 21.8 Å². The third-order valence-electron chi connectivity index (χ3n) is 4.98. The van der Waals surface area contributed by atoms with Crippen molar-refractivity contribution >= 4 is 26.9 Å². The Bertz CT molecular complexity index is 1480. The molecule has 2 heterocycles. The molecule has 5 rings (SSSR count). The largest absolute Gasteiger partial charge is 0.270 e. The zero-order chi connectivity index (χ0) is 22.0. The van der Waals surface area contributed by atoms with Crippen LogP contribution in [-0.2, 0) is 16.6 Å². The number of anilines is 1. The van der Waals surface area contributed by atoms with Crippen LogP contribution in [0.15, 0.2) is 109 Å². The van der Waals surface area contributed by atoms with Crippen molar-refractivity contribution in [3.05, 3.63) is 109 Å². The lowest BCUT2D eigenvalue weighted by Gasteiger charge is -2.10. The standard InChI is InChI=1S/C24H20N5O2S/c30-32(31,20-11-5-2-6-12-20)27-23-24(26-22-14-8-7-13-21(22)25-23)29-16-15-28(18-29)17-19-9-3-1-4-10-19/h1-16,18H,17H2,(H,25,27)/q+1. The number of para-hydroxylation sites is 2. The third kappa shape index (κ3) is 4.08. The van der Waals surface area contributed by atoms with Crippen LogP contribution in [0.5, 0.6) is 0 Å². The molecule has 0 saturated heterocycles. The quantitative estimate of drug-likeness (QED) is 0.408. The van der Waals surface area contributed by atoms with Gasteiger partial charge in [0.2, 0.25) is 5.82 Å². The van der Waals surface area contributed by atoms with E-state index < -0.39 is 10.0 Å². The van der Waals surface area contributed by atoms with Crippen molar-refractivity contribution in [2.24, 2.45) is 0 Å². The Labute approximate surface area is 185 Å². The van der Waals surface area contributed by atoms with Crippen LogP contribution >= 0.6 is 0 Å². The first-order valence-corrected chi connectivity index (χ1v) is 11.5. The summed E-state index contributed by atoms with van der Waals surface area (Å²) in [6.45, 7) is 0.680. The van der Waals surface area contributed by atoms with E-state index in [1.165, 1.54) is 0 Å². The fourth-order valence-electron chi connectivity index (χ4n) is 3.43. The maximum Gasteiger partial charge on any atom is 0.270 e. The summed E-state index contributed by atoms with van der Waals surface area (Å²) >= 11 is 0. The number of nitrogens with one attached hydrogen (secondary N) is 1. The fourth-order valence-corrected chi connectivity index (χ4v) is 4.46. The number of imidazole rings is 1. The molecule has 0 aliphatic heterocycles. The van der Waals surface area contributed by atoms with E-state index in [-0.39, 0.29) is 10.7 Å². The molecule has 1 N–H and O–H groups in total. The normalized spacial score (nSPS) is 11.5. The van der Waals surface area contributed by atoms with E-state index in [9.17, 15) is 8.42 Å². The maximum absolute atomic E-state index is 13.0. The van der Waals surface area contributed by atoms with Gasteiger partial charge in [-0.2, -0.15) is 4.57 Å². The zero-order valence-corrected chi connectivity index (χ0v) is 17.9. The maximum atomic E-state index is 13.0. The van der Waals surface area contributed by atoms with Crippen LogP contribution < -0.4 is 9.29 Å². The van der Waals surface area contributed by atoms with Gasteiger partial charge in [0, 0.05) is 0 Å². The molecule has 0 spiro atoms. The van der Waals surface area contributed by atoms with Gasteiger partial charge in [-0.15, -0.1) is 0 Å². The Morgan fingerprint density at radius 1 is 0.812 bits per heavy atom. The third-order valence-corrected chi connectivity index (χ3v) is 6.34.